The zero-order valence-electron chi connectivity index (χ0n) is 13.3. The van der Waals surface area contributed by atoms with Gasteiger partial charge in [-0.05, 0) is 29.8 Å². The fraction of sp³-hybridized carbons (Fsp3) is 0.111. The fourth-order valence-electron chi connectivity index (χ4n) is 2.66. The summed E-state index contributed by atoms with van der Waals surface area (Å²) >= 11 is 0. The minimum absolute atomic E-state index is 0.737. The number of hydrogen-bond donors (Lipinski definition) is 0. The minimum atomic E-state index is -0.986. The molecule has 5 nitrogen and oxygen atoms in total. The molecule has 3 heterocycles. The van der Waals surface area contributed by atoms with Gasteiger partial charge in [0.2, 0.25) is 0 Å². The Bertz CT molecular complexity index is 1050. The van der Waals surface area contributed by atoms with E-state index in [2.05, 4.69) is 5.10 Å². The van der Waals surface area contributed by atoms with Crippen molar-refractivity contribution in [3.63, 3.8) is 0 Å². The Labute approximate surface area is 141 Å². The molecule has 0 saturated carbocycles. The molecule has 0 aliphatic rings. The van der Waals surface area contributed by atoms with E-state index in [1.54, 1.807) is 23.4 Å². The molecule has 0 amide bonds. The van der Waals surface area contributed by atoms with Crippen LogP contribution in [0, 0.1) is 0 Å². The number of aromatic nitrogens is 3. The molecule has 0 fully saturated rings. The summed E-state index contributed by atoms with van der Waals surface area (Å²) in [5.74, 6) is 0. The lowest BCUT2D eigenvalue weighted by atomic mass is 10.1. The van der Waals surface area contributed by atoms with E-state index in [4.69, 9.17) is 9.40 Å². The van der Waals surface area contributed by atoms with Crippen LogP contribution in [0.1, 0.15) is 0 Å². The van der Waals surface area contributed by atoms with Gasteiger partial charge in [0.25, 0.3) is 0 Å². The monoisotopic (exact) mass is 337 g/mol. The van der Waals surface area contributed by atoms with Crippen LogP contribution in [0.5, 0.6) is 0 Å². The lowest BCUT2D eigenvalue weighted by Gasteiger charge is -2.02. The van der Waals surface area contributed by atoms with Gasteiger partial charge in [-0.15, -0.1) is 0 Å². The quantitative estimate of drug-likeness (QED) is 0.573. The molecule has 0 aliphatic heterocycles. The molecule has 1 atom stereocenters. The van der Waals surface area contributed by atoms with E-state index in [-0.39, 0.29) is 0 Å². The number of benzene rings is 1. The molecular weight excluding hydrogens is 322 g/mol. The van der Waals surface area contributed by atoms with Crippen LogP contribution in [0.15, 0.2) is 64.4 Å². The Balaban J connectivity index is 1.82. The second kappa shape index (κ2) is 5.72. The first-order chi connectivity index (χ1) is 11.6. The number of fused-ring (bicyclic) bond motifs is 1. The highest BCUT2D eigenvalue weighted by molar-refractivity contribution is 7.84. The molecule has 24 heavy (non-hydrogen) atoms. The minimum Gasteiger partial charge on any atom is -0.462 e. The summed E-state index contributed by atoms with van der Waals surface area (Å²) < 4.78 is 18.9. The van der Waals surface area contributed by atoms with Crippen molar-refractivity contribution in [1.29, 1.82) is 0 Å². The van der Waals surface area contributed by atoms with E-state index in [0.717, 1.165) is 38.4 Å². The van der Waals surface area contributed by atoms with Crippen molar-refractivity contribution in [1.82, 2.24) is 14.8 Å². The van der Waals surface area contributed by atoms with Gasteiger partial charge in [-0.25, -0.2) is 4.98 Å². The van der Waals surface area contributed by atoms with E-state index in [1.165, 1.54) is 0 Å². The summed E-state index contributed by atoms with van der Waals surface area (Å²) in [7, 11) is 0.894. The van der Waals surface area contributed by atoms with Gasteiger partial charge in [-0.1, -0.05) is 12.1 Å². The van der Waals surface area contributed by atoms with Gasteiger partial charge in [0.1, 0.15) is 11.8 Å². The molecule has 0 spiro atoms. The number of aryl methyl sites for hydroxylation is 1. The van der Waals surface area contributed by atoms with E-state index in [0.29, 0.717) is 0 Å². The maximum atomic E-state index is 11.5. The molecule has 1 unspecified atom stereocenters. The standard InChI is InChI=1S/C18H15N3O2S/c1-21-10-13(9-19-21)16-7-8-17-18(20-16)15(11-23-17)12-3-5-14(6-4-12)24(2)22/h3-11H,1-2H3. The molecule has 4 aromatic rings. The van der Waals surface area contributed by atoms with Crippen molar-refractivity contribution < 1.29 is 8.63 Å². The predicted octanol–water partition coefficient (Wildman–Crippen LogP) is 3.63. The van der Waals surface area contributed by atoms with Gasteiger partial charge >= 0.3 is 0 Å². The van der Waals surface area contributed by atoms with Crippen molar-refractivity contribution in [3.05, 3.63) is 55.1 Å². The van der Waals surface area contributed by atoms with Crippen LogP contribution >= 0.6 is 0 Å². The Morgan fingerprint density at radius 2 is 1.88 bits per heavy atom. The van der Waals surface area contributed by atoms with Gasteiger partial charge in [0, 0.05) is 46.3 Å². The molecule has 0 aliphatic carbocycles. The first kappa shape index (κ1) is 14.8. The maximum absolute atomic E-state index is 11.5. The highest BCUT2D eigenvalue weighted by atomic mass is 32.2. The van der Waals surface area contributed by atoms with E-state index in [1.807, 2.05) is 49.6 Å². The average molecular weight is 337 g/mol. The number of furan rings is 1. The summed E-state index contributed by atoms with van der Waals surface area (Å²) in [5, 5.41) is 4.19. The van der Waals surface area contributed by atoms with Crippen molar-refractivity contribution in [2.45, 2.75) is 4.90 Å². The van der Waals surface area contributed by atoms with Crippen LogP contribution in [0.25, 0.3) is 33.5 Å². The Kier molecular flexibility index (Phi) is 3.54. The lowest BCUT2D eigenvalue weighted by Crippen LogP contribution is -1.87. The van der Waals surface area contributed by atoms with Gasteiger partial charge < -0.3 is 4.42 Å². The van der Waals surface area contributed by atoms with Crippen LogP contribution < -0.4 is 0 Å². The fourth-order valence-corrected chi connectivity index (χ4v) is 3.18. The van der Waals surface area contributed by atoms with Gasteiger partial charge in [-0.3, -0.25) is 8.89 Å². The molecule has 120 valence electrons. The summed E-state index contributed by atoms with van der Waals surface area (Å²) in [4.78, 5) is 5.55. The van der Waals surface area contributed by atoms with E-state index in [9.17, 15) is 4.21 Å². The molecule has 3 aromatic heterocycles. The Hall–Kier alpha value is -2.73. The van der Waals surface area contributed by atoms with Crippen molar-refractivity contribution in [3.8, 4) is 22.4 Å². The van der Waals surface area contributed by atoms with Crippen LogP contribution in [-0.2, 0) is 17.8 Å². The SMILES string of the molecule is Cn1cc(-c2ccc3occ(-c4ccc(S(C)=O)cc4)c3n2)cn1. The largest absolute Gasteiger partial charge is 0.462 e. The second-order valence-electron chi connectivity index (χ2n) is 5.57. The Morgan fingerprint density at radius 1 is 1.08 bits per heavy atom. The Morgan fingerprint density at radius 3 is 2.54 bits per heavy atom. The van der Waals surface area contributed by atoms with Crippen LogP contribution in [0.4, 0.5) is 0 Å². The first-order valence-electron chi connectivity index (χ1n) is 7.43. The number of rotatable bonds is 3. The molecular formula is C18H15N3O2S. The molecule has 0 N–H and O–H groups in total. The van der Waals surface area contributed by atoms with Crippen molar-refractivity contribution in [2.75, 3.05) is 6.26 Å². The molecule has 6 heteroatoms. The summed E-state index contributed by atoms with van der Waals surface area (Å²) in [6, 6.07) is 11.5. The summed E-state index contributed by atoms with van der Waals surface area (Å²) in [6.07, 6.45) is 7.10. The zero-order chi connectivity index (χ0) is 16.7. The third-order valence-electron chi connectivity index (χ3n) is 3.91. The highest BCUT2D eigenvalue weighted by Crippen LogP contribution is 2.31. The van der Waals surface area contributed by atoms with E-state index >= 15 is 0 Å². The average Bonchev–Trinajstić information content (AvgIpc) is 3.20. The third kappa shape index (κ3) is 2.55. The lowest BCUT2D eigenvalue weighted by molar-refractivity contribution is 0.616. The maximum Gasteiger partial charge on any atom is 0.153 e. The van der Waals surface area contributed by atoms with Crippen molar-refractivity contribution >= 4 is 21.9 Å². The predicted molar refractivity (Wildman–Crippen MR) is 94.0 cm³/mol. The van der Waals surface area contributed by atoms with E-state index < -0.39 is 10.8 Å². The first-order valence-corrected chi connectivity index (χ1v) is 8.99. The summed E-state index contributed by atoms with van der Waals surface area (Å²) in [6.45, 7) is 0. The van der Waals surface area contributed by atoms with Gasteiger partial charge in [-0.2, -0.15) is 5.10 Å². The van der Waals surface area contributed by atoms with Crippen LogP contribution in [0.2, 0.25) is 0 Å². The zero-order valence-corrected chi connectivity index (χ0v) is 14.1. The molecule has 4 rings (SSSR count). The number of hydrogen-bond acceptors (Lipinski definition) is 4. The van der Waals surface area contributed by atoms with Gasteiger partial charge in [0.05, 0.1) is 11.9 Å². The normalized spacial score (nSPS) is 12.6. The molecule has 1 aromatic carbocycles. The number of pyridine rings is 1. The topological polar surface area (TPSA) is 60.9 Å². The molecule has 0 radical (unpaired) electrons. The number of nitrogens with zero attached hydrogens (tertiary/aromatic N) is 3. The highest BCUT2D eigenvalue weighted by Gasteiger charge is 2.12. The smallest absolute Gasteiger partial charge is 0.153 e. The van der Waals surface area contributed by atoms with Gasteiger partial charge in [0.15, 0.2) is 5.58 Å². The van der Waals surface area contributed by atoms with Crippen LogP contribution in [0.3, 0.4) is 0 Å². The molecule has 0 saturated heterocycles. The second-order valence-corrected chi connectivity index (χ2v) is 6.95. The summed E-state index contributed by atoms with van der Waals surface area (Å²) in [5.41, 5.74) is 5.26. The molecule has 0 bridgehead atoms. The third-order valence-corrected chi connectivity index (χ3v) is 4.85. The van der Waals surface area contributed by atoms with Crippen LogP contribution in [-0.4, -0.2) is 25.2 Å². The van der Waals surface area contributed by atoms with Crippen molar-refractivity contribution in [2.24, 2.45) is 7.05 Å².